The molecule has 0 radical (unpaired) electrons. The fourth-order valence-electron chi connectivity index (χ4n) is 2.69. The van der Waals surface area contributed by atoms with Crippen LogP contribution < -0.4 is 10.0 Å². The van der Waals surface area contributed by atoms with E-state index < -0.39 is 10.0 Å². The van der Waals surface area contributed by atoms with Gasteiger partial charge in [-0.2, -0.15) is 11.8 Å². The van der Waals surface area contributed by atoms with Gasteiger partial charge in [0.1, 0.15) is 0 Å². The zero-order valence-electron chi connectivity index (χ0n) is 12.7. The van der Waals surface area contributed by atoms with Gasteiger partial charge in [0.2, 0.25) is 10.0 Å². The second kappa shape index (κ2) is 7.67. The molecular weight excluding hydrogens is 306 g/mol. The van der Waals surface area contributed by atoms with E-state index in [2.05, 4.69) is 21.3 Å². The second-order valence-corrected chi connectivity index (χ2v) is 8.34. The van der Waals surface area contributed by atoms with E-state index in [0.29, 0.717) is 16.7 Å². The smallest absolute Gasteiger partial charge is 0.242 e. The van der Waals surface area contributed by atoms with Crippen molar-refractivity contribution in [2.24, 2.45) is 0 Å². The minimum atomic E-state index is -3.41. The lowest BCUT2D eigenvalue weighted by Gasteiger charge is -2.28. The number of thioether (sulfide) groups is 1. The van der Waals surface area contributed by atoms with Crippen LogP contribution in [-0.2, 0) is 16.6 Å². The first-order valence-corrected chi connectivity index (χ1v) is 10.3. The van der Waals surface area contributed by atoms with Gasteiger partial charge in [0.25, 0.3) is 0 Å². The fraction of sp³-hybridized carbons (Fsp3) is 0.714. The Kier molecular flexibility index (Phi) is 6.16. The van der Waals surface area contributed by atoms with E-state index in [0.717, 1.165) is 31.5 Å². The first-order valence-electron chi connectivity index (χ1n) is 7.48. The molecule has 120 valence electrons. The predicted molar refractivity (Wildman–Crippen MR) is 88.1 cm³/mol. The van der Waals surface area contributed by atoms with Crippen LogP contribution in [0.25, 0.3) is 0 Å². The van der Waals surface area contributed by atoms with Gasteiger partial charge < -0.3 is 10.3 Å². The molecule has 3 N–H and O–H groups in total. The van der Waals surface area contributed by atoms with Crippen molar-refractivity contribution in [1.29, 1.82) is 0 Å². The highest BCUT2D eigenvalue weighted by atomic mass is 32.2. The van der Waals surface area contributed by atoms with Crippen molar-refractivity contribution in [3.05, 3.63) is 18.0 Å². The van der Waals surface area contributed by atoms with E-state index in [1.54, 1.807) is 12.3 Å². The predicted octanol–water partition coefficient (Wildman–Crippen LogP) is 2.08. The lowest BCUT2D eigenvalue weighted by atomic mass is 9.96. The number of H-pyrrole nitrogens is 1. The first-order chi connectivity index (χ1) is 10.0. The third-order valence-corrected chi connectivity index (χ3v) is 6.47. The highest BCUT2D eigenvalue weighted by molar-refractivity contribution is 7.99. The van der Waals surface area contributed by atoms with Gasteiger partial charge in [0, 0.05) is 29.7 Å². The molecule has 2 unspecified atom stereocenters. The van der Waals surface area contributed by atoms with Crippen LogP contribution in [0.1, 0.15) is 38.3 Å². The average molecular weight is 332 g/mol. The molecule has 5 nitrogen and oxygen atoms in total. The normalized spacial score (nSPS) is 23.3. The molecule has 0 saturated heterocycles. The maximum absolute atomic E-state index is 12.4. The van der Waals surface area contributed by atoms with Crippen LogP contribution in [0, 0.1) is 0 Å². The van der Waals surface area contributed by atoms with Crippen molar-refractivity contribution in [3.8, 4) is 0 Å². The van der Waals surface area contributed by atoms with Crippen molar-refractivity contribution in [2.45, 2.75) is 55.3 Å². The van der Waals surface area contributed by atoms with Crippen LogP contribution in [0.2, 0.25) is 0 Å². The number of nitrogens with one attached hydrogen (secondary N) is 3. The summed E-state index contributed by atoms with van der Waals surface area (Å²) in [6.07, 6.45) is 7.82. The number of hydrogen-bond acceptors (Lipinski definition) is 4. The van der Waals surface area contributed by atoms with E-state index in [-0.39, 0.29) is 6.04 Å². The molecule has 1 aliphatic rings. The average Bonchev–Trinajstić information content (AvgIpc) is 2.94. The number of rotatable bonds is 7. The van der Waals surface area contributed by atoms with Crippen molar-refractivity contribution in [1.82, 2.24) is 15.0 Å². The molecule has 1 aliphatic carbocycles. The summed E-state index contributed by atoms with van der Waals surface area (Å²) in [5, 5.41) is 3.75. The molecular formula is C14H25N3O2S2. The molecule has 21 heavy (non-hydrogen) atoms. The third-order valence-electron chi connectivity index (χ3n) is 3.87. The maximum Gasteiger partial charge on any atom is 0.242 e. The number of aromatic amines is 1. The Morgan fingerprint density at radius 2 is 2.24 bits per heavy atom. The van der Waals surface area contributed by atoms with Crippen LogP contribution in [0.5, 0.6) is 0 Å². The summed E-state index contributed by atoms with van der Waals surface area (Å²) in [7, 11) is -3.41. The van der Waals surface area contributed by atoms with Crippen LogP contribution in [0.3, 0.4) is 0 Å². The molecule has 0 spiro atoms. The van der Waals surface area contributed by atoms with Gasteiger partial charge in [-0.1, -0.05) is 13.3 Å². The van der Waals surface area contributed by atoms with E-state index in [1.807, 2.05) is 18.7 Å². The SMILES string of the molecule is CCNCc1cc(S(=O)(=O)NC2CCCC(SC)C2)c[nH]1. The summed E-state index contributed by atoms with van der Waals surface area (Å²) in [5.74, 6) is 0. The van der Waals surface area contributed by atoms with E-state index in [4.69, 9.17) is 0 Å². The molecule has 0 aliphatic heterocycles. The van der Waals surface area contributed by atoms with Crippen molar-refractivity contribution in [3.63, 3.8) is 0 Å². The van der Waals surface area contributed by atoms with Gasteiger partial charge in [-0.15, -0.1) is 0 Å². The summed E-state index contributed by atoms with van der Waals surface area (Å²) in [6, 6.07) is 1.77. The van der Waals surface area contributed by atoms with Crippen LogP contribution in [-0.4, -0.2) is 37.5 Å². The van der Waals surface area contributed by atoms with Crippen LogP contribution in [0.4, 0.5) is 0 Å². The molecule has 2 rings (SSSR count). The molecule has 1 aromatic heterocycles. The molecule has 0 bridgehead atoms. The number of sulfonamides is 1. The summed E-state index contributed by atoms with van der Waals surface area (Å²) in [6.45, 7) is 3.54. The molecule has 7 heteroatoms. The fourth-order valence-corrected chi connectivity index (χ4v) is 4.82. The van der Waals surface area contributed by atoms with E-state index in [9.17, 15) is 8.42 Å². The quantitative estimate of drug-likeness (QED) is 0.715. The Labute approximate surface area is 131 Å². The Bertz CT molecular complexity index is 542. The minimum absolute atomic E-state index is 0.0633. The van der Waals surface area contributed by atoms with Crippen molar-refractivity contribution >= 4 is 21.8 Å². The summed E-state index contributed by atoms with van der Waals surface area (Å²) < 4.78 is 27.7. The Morgan fingerprint density at radius 3 is 2.95 bits per heavy atom. The number of aromatic nitrogens is 1. The van der Waals surface area contributed by atoms with Crippen molar-refractivity contribution in [2.75, 3.05) is 12.8 Å². The second-order valence-electron chi connectivity index (χ2n) is 5.48. The van der Waals surface area contributed by atoms with Gasteiger partial charge in [-0.3, -0.25) is 0 Å². The van der Waals surface area contributed by atoms with Gasteiger partial charge in [-0.25, -0.2) is 13.1 Å². The molecule has 2 atom stereocenters. The molecule has 0 aromatic carbocycles. The summed E-state index contributed by atoms with van der Waals surface area (Å²) in [4.78, 5) is 3.35. The highest BCUT2D eigenvalue weighted by Gasteiger charge is 2.26. The topological polar surface area (TPSA) is 74.0 Å². The summed E-state index contributed by atoms with van der Waals surface area (Å²) >= 11 is 1.84. The molecule has 1 fully saturated rings. The van der Waals surface area contributed by atoms with Crippen molar-refractivity contribution < 1.29 is 8.42 Å². The minimum Gasteiger partial charge on any atom is -0.363 e. The first kappa shape index (κ1) is 16.9. The van der Waals surface area contributed by atoms with Gasteiger partial charge in [-0.05, 0) is 38.1 Å². The largest absolute Gasteiger partial charge is 0.363 e. The zero-order chi connectivity index (χ0) is 15.3. The zero-order valence-corrected chi connectivity index (χ0v) is 14.3. The maximum atomic E-state index is 12.4. The molecule has 1 heterocycles. The third kappa shape index (κ3) is 4.74. The van der Waals surface area contributed by atoms with Crippen LogP contribution >= 0.6 is 11.8 Å². The Hall–Kier alpha value is -0.500. The van der Waals surface area contributed by atoms with Gasteiger partial charge in [0.05, 0.1) is 4.90 Å². The van der Waals surface area contributed by atoms with E-state index >= 15 is 0 Å². The molecule has 1 aromatic rings. The molecule has 0 amide bonds. The lowest BCUT2D eigenvalue weighted by molar-refractivity contribution is 0.421. The van der Waals surface area contributed by atoms with E-state index in [1.165, 1.54) is 6.42 Å². The number of hydrogen-bond donors (Lipinski definition) is 3. The Balaban J connectivity index is 1.99. The van der Waals surface area contributed by atoms with Crippen LogP contribution in [0.15, 0.2) is 17.2 Å². The highest BCUT2D eigenvalue weighted by Crippen LogP contribution is 2.27. The van der Waals surface area contributed by atoms with Gasteiger partial charge >= 0.3 is 0 Å². The Morgan fingerprint density at radius 1 is 1.43 bits per heavy atom. The summed E-state index contributed by atoms with van der Waals surface area (Å²) in [5.41, 5.74) is 0.892. The molecule has 1 saturated carbocycles. The monoisotopic (exact) mass is 331 g/mol. The standard InChI is InChI=1S/C14H25N3O2S2/c1-3-15-9-12-8-14(10-16-12)21(18,19)17-11-5-4-6-13(7-11)20-2/h8,10-11,13,15-17H,3-7,9H2,1-2H3. The van der Waals surface area contributed by atoms with Gasteiger partial charge in [0.15, 0.2) is 0 Å². The lowest BCUT2D eigenvalue weighted by Crippen LogP contribution is -2.38.